The normalized spacial score (nSPS) is 16.7. The lowest BCUT2D eigenvalue weighted by Gasteiger charge is -2.33. The van der Waals surface area contributed by atoms with Gasteiger partial charge in [0.05, 0.1) is 11.5 Å². The zero-order chi connectivity index (χ0) is 24.1. The van der Waals surface area contributed by atoms with E-state index in [-0.39, 0.29) is 60.9 Å². The van der Waals surface area contributed by atoms with E-state index >= 15 is 0 Å². The van der Waals surface area contributed by atoms with Crippen LogP contribution in [-0.2, 0) is 24.2 Å². The number of sulfonamides is 1. The van der Waals surface area contributed by atoms with Gasteiger partial charge < -0.3 is 23.5 Å². The first-order valence-corrected chi connectivity index (χ1v) is 11.9. The smallest absolute Gasteiger partial charge is 0.409 e. The second kappa shape index (κ2) is 10.1. The molecule has 13 nitrogen and oxygen atoms in total. The number of benzene rings is 1. The molecule has 1 saturated heterocycles. The Morgan fingerprint density at radius 2 is 1.82 bits per heavy atom. The van der Waals surface area contributed by atoms with E-state index < -0.39 is 22.0 Å². The molecular formula is C20H23N5O8S. The largest absolute Gasteiger partial charge is 0.494 e. The lowest BCUT2D eigenvalue weighted by atomic mass is 10.2. The van der Waals surface area contributed by atoms with Gasteiger partial charge in [-0.15, -0.1) is 5.10 Å². The average molecular weight is 493 g/mol. The summed E-state index contributed by atoms with van der Waals surface area (Å²) in [5, 5.41) is 9.98. The molecule has 14 heteroatoms. The van der Waals surface area contributed by atoms with E-state index in [2.05, 4.69) is 15.5 Å². The number of hydrogen-bond acceptors (Lipinski definition) is 10. The van der Waals surface area contributed by atoms with Crippen LogP contribution in [-0.4, -0.2) is 85.8 Å². The molecule has 3 heterocycles. The maximum atomic E-state index is 12.9. The van der Waals surface area contributed by atoms with E-state index in [0.29, 0.717) is 13.2 Å². The Hall–Kier alpha value is -3.65. The van der Waals surface area contributed by atoms with E-state index in [0.717, 1.165) is 0 Å². The summed E-state index contributed by atoms with van der Waals surface area (Å²) >= 11 is 0. The first kappa shape index (κ1) is 23.5. The van der Waals surface area contributed by atoms with Gasteiger partial charge in [0.1, 0.15) is 19.5 Å². The van der Waals surface area contributed by atoms with Crippen molar-refractivity contribution < 1.29 is 36.6 Å². The van der Waals surface area contributed by atoms with E-state index in [9.17, 15) is 18.0 Å². The predicted octanol–water partition coefficient (Wildman–Crippen LogP) is 1.13. The molecule has 2 aromatic rings. The molecule has 1 fully saturated rings. The van der Waals surface area contributed by atoms with Gasteiger partial charge in [0.2, 0.25) is 15.8 Å². The quantitative estimate of drug-likeness (QED) is 0.619. The third kappa shape index (κ3) is 5.12. The fourth-order valence-corrected chi connectivity index (χ4v) is 4.70. The fraction of sp³-hybridized carbons (Fsp3) is 0.400. The van der Waals surface area contributed by atoms with Crippen molar-refractivity contribution in [3.63, 3.8) is 0 Å². The predicted molar refractivity (Wildman–Crippen MR) is 116 cm³/mol. The molecule has 182 valence electrons. The van der Waals surface area contributed by atoms with Crippen LogP contribution in [0.15, 0.2) is 39.8 Å². The van der Waals surface area contributed by atoms with Gasteiger partial charge in [-0.3, -0.25) is 10.1 Å². The number of piperazine rings is 1. The topological polar surface area (TPSA) is 153 Å². The van der Waals surface area contributed by atoms with Crippen LogP contribution in [0.5, 0.6) is 0 Å². The minimum Gasteiger partial charge on any atom is -0.494 e. The van der Waals surface area contributed by atoms with Crippen molar-refractivity contribution in [2.75, 3.05) is 51.3 Å². The highest BCUT2D eigenvalue weighted by Crippen LogP contribution is 2.21. The van der Waals surface area contributed by atoms with Crippen LogP contribution in [0.4, 0.5) is 10.8 Å². The van der Waals surface area contributed by atoms with Crippen LogP contribution in [0.1, 0.15) is 23.2 Å². The molecule has 0 radical (unpaired) electrons. The van der Waals surface area contributed by atoms with E-state index in [1.165, 1.54) is 39.7 Å². The number of anilines is 1. The molecule has 0 unspecified atom stereocenters. The standard InChI is InChI=1S/C20H23N5O8S/c1-2-31-20(27)24-7-9-25(10-8-24)34(28,29)15-5-3-14(4-6-15)17(26)21-19-23-22-18(33-19)16-13-30-11-12-32-16/h3-6,13H,2,7-12H2,1H3,(H,21,23,26). The number of ether oxygens (including phenoxy) is 3. The lowest BCUT2D eigenvalue weighted by molar-refractivity contribution is 0.0933. The number of nitrogens with zero attached hydrogens (tertiary/aromatic N) is 4. The maximum Gasteiger partial charge on any atom is 0.409 e. The van der Waals surface area contributed by atoms with Crippen molar-refractivity contribution in [2.24, 2.45) is 0 Å². The van der Waals surface area contributed by atoms with Gasteiger partial charge in [-0.25, -0.2) is 13.2 Å². The van der Waals surface area contributed by atoms with Gasteiger partial charge in [0.15, 0.2) is 0 Å². The molecule has 34 heavy (non-hydrogen) atoms. The van der Waals surface area contributed by atoms with E-state index in [1.807, 2.05) is 0 Å². The highest BCUT2D eigenvalue weighted by molar-refractivity contribution is 7.89. The molecule has 2 amide bonds. The van der Waals surface area contributed by atoms with E-state index in [1.54, 1.807) is 6.92 Å². The molecule has 0 atom stereocenters. The number of rotatable bonds is 6. The van der Waals surface area contributed by atoms with Gasteiger partial charge in [0.25, 0.3) is 11.8 Å². The minimum absolute atomic E-state index is 0.0371. The third-order valence-electron chi connectivity index (χ3n) is 5.02. The van der Waals surface area contributed by atoms with E-state index in [4.69, 9.17) is 18.6 Å². The molecule has 2 aliphatic heterocycles. The second-order valence-electron chi connectivity index (χ2n) is 7.18. The van der Waals surface area contributed by atoms with Gasteiger partial charge in [-0.05, 0) is 31.2 Å². The van der Waals surface area contributed by atoms with Crippen molar-refractivity contribution in [2.45, 2.75) is 11.8 Å². The van der Waals surface area contributed by atoms with Crippen LogP contribution >= 0.6 is 0 Å². The Bertz CT molecular complexity index is 1170. The first-order chi connectivity index (χ1) is 16.4. The molecule has 0 saturated carbocycles. The number of amides is 2. The van der Waals surface area contributed by atoms with Crippen molar-refractivity contribution >= 4 is 33.8 Å². The SMILES string of the molecule is CCOC(=O)N1CCN(S(=O)(=O)c2ccc(C(=O)Nc3nnc(C4=COCCO4)o3)cc2)CC1. The number of carbonyl (C=O) groups is 2. The molecule has 2 aliphatic rings. The summed E-state index contributed by atoms with van der Waals surface area (Å²) in [6, 6.07) is 5.31. The van der Waals surface area contributed by atoms with Gasteiger partial charge in [-0.1, -0.05) is 5.10 Å². The lowest BCUT2D eigenvalue weighted by Crippen LogP contribution is -2.50. The summed E-state index contributed by atoms with van der Waals surface area (Å²) in [4.78, 5) is 25.8. The third-order valence-corrected chi connectivity index (χ3v) is 6.94. The average Bonchev–Trinajstić information content (AvgIpc) is 3.33. The highest BCUT2D eigenvalue weighted by atomic mass is 32.2. The van der Waals surface area contributed by atoms with Crippen molar-refractivity contribution in [1.82, 2.24) is 19.4 Å². The van der Waals surface area contributed by atoms with Crippen LogP contribution in [0.25, 0.3) is 5.76 Å². The van der Waals surface area contributed by atoms with Gasteiger partial charge >= 0.3 is 12.1 Å². The summed E-state index contributed by atoms with van der Waals surface area (Å²) in [6.45, 7) is 3.48. The molecule has 1 N–H and O–H groups in total. The zero-order valence-electron chi connectivity index (χ0n) is 18.3. The monoisotopic (exact) mass is 493 g/mol. The molecule has 1 aromatic carbocycles. The molecular weight excluding hydrogens is 470 g/mol. The number of carbonyl (C=O) groups excluding carboxylic acids is 2. The number of nitrogens with one attached hydrogen (secondary N) is 1. The summed E-state index contributed by atoms with van der Waals surface area (Å²) < 4.78 is 47.9. The highest BCUT2D eigenvalue weighted by Gasteiger charge is 2.30. The van der Waals surface area contributed by atoms with Crippen molar-refractivity contribution in [3.8, 4) is 0 Å². The summed E-state index contributed by atoms with van der Waals surface area (Å²) in [5.74, 6) is -0.242. The zero-order valence-corrected chi connectivity index (χ0v) is 19.1. The summed E-state index contributed by atoms with van der Waals surface area (Å²) in [7, 11) is -3.78. The van der Waals surface area contributed by atoms with Crippen LogP contribution in [0.3, 0.4) is 0 Å². The molecule has 1 aromatic heterocycles. The van der Waals surface area contributed by atoms with Crippen LogP contribution in [0.2, 0.25) is 0 Å². The Kier molecular flexibility index (Phi) is 6.98. The fourth-order valence-electron chi connectivity index (χ4n) is 3.28. The summed E-state index contributed by atoms with van der Waals surface area (Å²) in [5.41, 5.74) is 0.197. The molecule has 0 bridgehead atoms. The van der Waals surface area contributed by atoms with Crippen molar-refractivity contribution in [1.29, 1.82) is 0 Å². The minimum atomic E-state index is -3.78. The van der Waals surface area contributed by atoms with Crippen LogP contribution < -0.4 is 5.32 Å². The Morgan fingerprint density at radius 3 is 2.47 bits per heavy atom. The van der Waals surface area contributed by atoms with Gasteiger partial charge in [0, 0.05) is 31.7 Å². The Labute approximate surface area is 195 Å². The first-order valence-electron chi connectivity index (χ1n) is 10.5. The Morgan fingerprint density at radius 1 is 1.09 bits per heavy atom. The molecule has 0 aliphatic carbocycles. The molecule has 0 spiro atoms. The van der Waals surface area contributed by atoms with Crippen LogP contribution in [0, 0.1) is 0 Å². The summed E-state index contributed by atoms with van der Waals surface area (Å²) in [6.07, 6.45) is 0.887. The number of hydrogen-bond donors (Lipinski definition) is 1. The Balaban J connectivity index is 1.37. The number of aromatic nitrogens is 2. The maximum absolute atomic E-state index is 12.9. The van der Waals surface area contributed by atoms with Crippen molar-refractivity contribution in [3.05, 3.63) is 42.0 Å². The van der Waals surface area contributed by atoms with Gasteiger partial charge in [-0.2, -0.15) is 4.31 Å². The second-order valence-corrected chi connectivity index (χ2v) is 9.12. The molecule has 4 rings (SSSR count).